The lowest BCUT2D eigenvalue weighted by Crippen LogP contribution is -2.15. The van der Waals surface area contributed by atoms with Crippen LogP contribution in [0, 0.1) is 5.92 Å². The zero-order chi connectivity index (χ0) is 12.7. The summed E-state index contributed by atoms with van der Waals surface area (Å²) in [5.74, 6) is 1.24. The molecule has 0 saturated heterocycles. The molecule has 0 radical (unpaired) electrons. The Hall–Kier alpha value is -1.80. The van der Waals surface area contributed by atoms with E-state index in [4.69, 9.17) is 10.2 Å². The zero-order valence-electron chi connectivity index (χ0n) is 10.7. The van der Waals surface area contributed by atoms with Crippen molar-refractivity contribution in [2.45, 2.75) is 19.9 Å². The first-order valence-electron chi connectivity index (χ1n) is 6.33. The Bertz CT molecular complexity index is 696. The first kappa shape index (κ1) is 11.3. The molecular formula is C16H17NO. The van der Waals surface area contributed by atoms with Crippen molar-refractivity contribution in [3.05, 3.63) is 48.2 Å². The molecule has 2 heteroatoms. The third-order valence-corrected chi connectivity index (χ3v) is 3.47. The maximum atomic E-state index is 6.15. The minimum absolute atomic E-state index is 0.0452. The van der Waals surface area contributed by atoms with Crippen LogP contribution in [0.2, 0.25) is 0 Å². The van der Waals surface area contributed by atoms with Gasteiger partial charge in [0.05, 0.1) is 6.04 Å². The minimum Gasteiger partial charge on any atom is -0.459 e. The molecule has 1 aromatic heterocycles. The second kappa shape index (κ2) is 4.14. The summed E-state index contributed by atoms with van der Waals surface area (Å²) in [6, 6.07) is 14.5. The third-order valence-electron chi connectivity index (χ3n) is 3.47. The van der Waals surface area contributed by atoms with E-state index >= 15 is 0 Å². The smallest absolute Gasteiger partial charge is 0.142 e. The Morgan fingerprint density at radius 2 is 1.72 bits per heavy atom. The number of hydrogen-bond donors (Lipinski definition) is 1. The fraction of sp³-hybridized carbons (Fsp3) is 0.250. The van der Waals surface area contributed by atoms with Crippen LogP contribution in [0.3, 0.4) is 0 Å². The molecule has 2 aromatic carbocycles. The second-order valence-electron chi connectivity index (χ2n) is 5.12. The molecule has 3 rings (SSSR count). The summed E-state index contributed by atoms with van der Waals surface area (Å²) in [5.41, 5.74) is 7.10. The van der Waals surface area contributed by atoms with Gasteiger partial charge < -0.3 is 10.2 Å². The van der Waals surface area contributed by atoms with E-state index in [1.165, 1.54) is 5.39 Å². The molecule has 92 valence electrons. The molecule has 0 aliphatic rings. The summed E-state index contributed by atoms with van der Waals surface area (Å²) >= 11 is 0. The van der Waals surface area contributed by atoms with Gasteiger partial charge in [0.2, 0.25) is 0 Å². The highest BCUT2D eigenvalue weighted by atomic mass is 16.3. The summed E-state index contributed by atoms with van der Waals surface area (Å²) in [6.45, 7) is 4.21. The average Bonchev–Trinajstić information content (AvgIpc) is 2.81. The lowest BCUT2D eigenvalue weighted by molar-refractivity contribution is 0.419. The molecule has 0 spiro atoms. The van der Waals surface area contributed by atoms with Crippen molar-refractivity contribution < 1.29 is 4.42 Å². The first-order chi connectivity index (χ1) is 8.66. The molecule has 18 heavy (non-hydrogen) atoms. The van der Waals surface area contributed by atoms with Crippen LogP contribution in [0.5, 0.6) is 0 Å². The summed E-state index contributed by atoms with van der Waals surface area (Å²) in [5, 5.41) is 3.47. The predicted octanol–water partition coefficient (Wildman–Crippen LogP) is 4.24. The normalized spacial score (nSPS) is 13.6. The van der Waals surface area contributed by atoms with Gasteiger partial charge in [-0.2, -0.15) is 0 Å². The van der Waals surface area contributed by atoms with Gasteiger partial charge in [-0.05, 0) is 17.4 Å². The SMILES string of the molecule is CC(C)C(N)c1cc2ccc3ccccc3c2o1. The Morgan fingerprint density at radius 1 is 1.00 bits per heavy atom. The van der Waals surface area contributed by atoms with Crippen molar-refractivity contribution >= 4 is 21.7 Å². The van der Waals surface area contributed by atoms with Crippen LogP contribution >= 0.6 is 0 Å². The van der Waals surface area contributed by atoms with Crippen molar-refractivity contribution in [1.29, 1.82) is 0 Å². The van der Waals surface area contributed by atoms with E-state index in [0.717, 1.165) is 22.1 Å². The molecule has 3 aromatic rings. The van der Waals surface area contributed by atoms with E-state index < -0.39 is 0 Å². The molecule has 2 N–H and O–H groups in total. The lowest BCUT2D eigenvalue weighted by Gasteiger charge is -2.11. The number of hydrogen-bond acceptors (Lipinski definition) is 2. The van der Waals surface area contributed by atoms with E-state index in [9.17, 15) is 0 Å². The van der Waals surface area contributed by atoms with Crippen LogP contribution in [-0.4, -0.2) is 0 Å². The molecule has 1 heterocycles. The minimum atomic E-state index is -0.0452. The zero-order valence-corrected chi connectivity index (χ0v) is 10.7. The Morgan fingerprint density at radius 3 is 2.50 bits per heavy atom. The van der Waals surface area contributed by atoms with Gasteiger partial charge in [-0.1, -0.05) is 50.2 Å². The van der Waals surface area contributed by atoms with Gasteiger partial charge in [0.25, 0.3) is 0 Å². The maximum absolute atomic E-state index is 6.15. The van der Waals surface area contributed by atoms with Gasteiger partial charge in [0.15, 0.2) is 0 Å². The fourth-order valence-electron chi connectivity index (χ4n) is 2.28. The van der Waals surface area contributed by atoms with Crippen LogP contribution in [-0.2, 0) is 0 Å². The summed E-state index contributed by atoms with van der Waals surface area (Å²) < 4.78 is 5.98. The molecule has 0 fully saturated rings. The van der Waals surface area contributed by atoms with E-state index in [1.54, 1.807) is 0 Å². The van der Waals surface area contributed by atoms with E-state index in [0.29, 0.717) is 5.92 Å². The van der Waals surface area contributed by atoms with Crippen LogP contribution in [0.4, 0.5) is 0 Å². The molecule has 0 saturated carbocycles. The van der Waals surface area contributed by atoms with E-state index in [1.807, 2.05) is 12.1 Å². The van der Waals surface area contributed by atoms with Crippen LogP contribution in [0.15, 0.2) is 46.9 Å². The maximum Gasteiger partial charge on any atom is 0.142 e. The fourth-order valence-corrected chi connectivity index (χ4v) is 2.28. The number of fused-ring (bicyclic) bond motifs is 3. The van der Waals surface area contributed by atoms with Gasteiger partial charge in [-0.25, -0.2) is 0 Å². The second-order valence-corrected chi connectivity index (χ2v) is 5.12. The van der Waals surface area contributed by atoms with Gasteiger partial charge in [-0.15, -0.1) is 0 Å². The Balaban J connectivity index is 2.26. The quantitative estimate of drug-likeness (QED) is 0.726. The lowest BCUT2D eigenvalue weighted by atomic mass is 10.0. The number of nitrogens with two attached hydrogens (primary N) is 1. The number of rotatable bonds is 2. The molecule has 0 amide bonds. The standard InChI is InChI=1S/C16H17NO/c1-10(2)15(17)14-9-12-8-7-11-5-3-4-6-13(11)16(12)18-14/h3-10,15H,17H2,1-2H3. The molecule has 0 aliphatic carbocycles. The monoisotopic (exact) mass is 239 g/mol. The van der Waals surface area contributed by atoms with Crippen molar-refractivity contribution in [2.75, 3.05) is 0 Å². The molecular weight excluding hydrogens is 222 g/mol. The van der Waals surface area contributed by atoms with Crippen LogP contribution in [0.1, 0.15) is 25.6 Å². The summed E-state index contributed by atoms with van der Waals surface area (Å²) in [4.78, 5) is 0. The Kier molecular flexibility index (Phi) is 2.60. The molecule has 0 bridgehead atoms. The molecule has 0 aliphatic heterocycles. The van der Waals surface area contributed by atoms with Crippen LogP contribution < -0.4 is 5.73 Å². The van der Waals surface area contributed by atoms with E-state index in [2.05, 4.69) is 44.2 Å². The molecule has 1 atom stereocenters. The highest BCUT2D eigenvalue weighted by molar-refractivity contribution is 6.04. The number of furan rings is 1. The van der Waals surface area contributed by atoms with Gasteiger partial charge in [-0.3, -0.25) is 0 Å². The highest BCUT2D eigenvalue weighted by Gasteiger charge is 2.16. The third kappa shape index (κ3) is 1.70. The number of benzene rings is 2. The summed E-state index contributed by atoms with van der Waals surface area (Å²) in [6.07, 6.45) is 0. The van der Waals surface area contributed by atoms with E-state index in [-0.39, 0.29) is 6.04 Å². The highest BCUT2D eigenvalue weighted by Crippen LogP contribution is 2.31. The van der Waals surface area contributed by atoms with Crippen LogP contribution in [0.25, 0.3) is 21.7 Å². The van der Waals surface area contributed by atoms with Crippen molar-refractivity contribution in [2.24, 2.45) is 11.7 Å². The van der Waals surface area contributed by atoms with Gasteiger partial charge >= 0.3 is 0 Å². The first-order valence-corrected chi connectivity index (χ1v) is 6.33. The van der Waals surface area contributed by atoms with Crippen molar-refractivity contribution in [3.63, 3.8) is 0 Å². The average molecular weight is 239 g/mol. The van der Waals surface area contributed by atoms with Gasteiger partial charge in [0, 0.05) is 10.8 Å². The largest absolute Gasteiger partial charge is 0.459 e. The molecule has 2 nitrogen and oxygen atoms in total. The van der Waals surface area contributed by atoms with Gasteiger partial charge in [0.1, 0.15) is 11.3 Å². The summed E-state index contributed by atoms with van der Waals surface area (Å²) in [7, 11) is 0. The van der Waals surface area contributed by atoms with Crippen molar-refractivity contribution in [3.8, 4) is 0 Å². The topological polar surface area (TPSA) is 39.2 Å². The molecule has 1 unspecified atom stereocenters. The van der Waals surface area contributed by atoms with Crippen molar-refractivity contribution in [1.82, 2.24) is 0 Å². The Labute approximate surface area is 106 Å². The predicted molar refractivity (Wildman–Crippen MR) is 75.5 cm³/mol.